The summed E-state index contributed by atoms with van der Waals surface area (Å²) in [6, 6.07) is 7.62. The zero-order chi connectivity index (χ0) is 13.5. The Morgan fingerprint density at radius 2 is 2.00 bits per heavy atom. The number of rotatable bonds is 6. The van der Waals surface area contributed by atoms with Crippen molar-refractivity contribution in [3.63, 3.8) is 0 Å². The second-order valence-corrected chi connectivity index (χ2v) is 4.82. The highest BCUT2D eigenvalue weighted by Gasteiger charge is 2.15. The minimum Gasteiger partial charge on any atom is -0.350 e. The number of nitrogens with two attached hydrogens (primary N) is 1. The minimum atomic E-state index is -0.0416. The van der Waals surface area contributed by atoms with E-state index in [1.165, 1.54) is 0 Å². The van der Waals surface area contributed by atoms with Crippen LogP contribution in [0.2, 0.25) is 0 Å². The number of amides is 1. The Hall–Kier alpha value is -1.35. The van der Waals surface area contributed by atoms with Crippen LogP contribution in [0.25, 0.3) is 0 Å². The molecular formula is C15H24N2O. The zero-order valence-corrected chi connectivity index (χ0v) is 11.6. The van der Waals surface area contributed by atoms with E-state index in [-0.39, 0.29) is 11.9 Å². The molecule has 1 aromatic carbocycles. The SMILES string of the molecule is CCC(CC)C(N)CNC(=O)c1cccc(C)c1. The summed E-state index contributed by atoms with van der Waals surface area (Å²) in [4.78, 5) is 11.9. The first-order chi connectivity index (χ1) is 8.58. The normalized spacial score (nSPS) is 12.5. The van der Waals surface area contributed by atoms with Gasteiger partial charge in [-0.2, -0.15) is 0 Å². The number of benzene rings is 1. The first kappa shape index (κ1) is 14.7. The first-order valence-corrected chi connectivity index (χ1v) is 6.68. The highest BCUT2D eigenvalue weighted by Crippen LogP contribution is 2.11. The van der Waals surface area contributed by atoms with Crippen molar-refractivity contribution in [1.29, 1.82) is 0 Å². The van der Waals surface area contributed by atoms with Crippen LogP contribution in [0.1, 0.15) is 42.6 Å². The molecule has 1 rings (SSSR count). The van der Waals surface area contributed by atoms with Gasteiger partial charge in [0.2, 0.25) is 0 Å². The maximum absolute atomic E-state index is 11.9. The van der Waals surface area contributed by atoms with Crippen molar-refractivity contribution in [3.05, 3.63) is 35.4 Å². The van der Waals surface area contributed by atoms with Gasteiger partial charge in [-0.25, -0.2) is 0 Å². The Morgan fingerprint density at radius 1 is 1.33 bits per heavy atom. The van der Waals surface area contributed by atoms with E-state index in [1.807, 2.05) is 31.2 Å². The Labute approximate surface area is 110 Å². The third kappa shape index (κ3) is 4.15. The van der Waals surface area contributed by atoms with E-state index in [0.717, 1.165) is 18.4 Å². The van der Waals surface area contributed by atoms with Crippen LogP contribution in [0.4, 0.5) is 0 Å². The van der Waals surface area contributed by atoms with Crippen molar-refractivity contribution >= 4 is 5.91 Å². The van der Waals surface area contributed by atoms with Crippen molar-refractivity contribution in [2.75, 3.05) is 6.54 Å². The van der Waals surface area contributed by atoms with Crippen LogP contribution < -0.4 is 11.1 Å². The first-order valence-electron chi connectivity index (χ1n) is 6.68. The van der Waals surface area contributed by atoms with Crippen LogP contribution in [-0.2, 0) is 0 Å². The lowest BCUT2D eigenvalue weighted by atomic mass is 9.95. The molecule has 3 nitrogen and oxygen atoms in total. The monoisotopic (exact) mass is 248 g/mol. The van der Waals surface area contributed by atoms with Crippen LogP contribution in [0.5, 0.6) is 0 Å². The predicted octanol–water partition coefficient (Wildman–Crippen LogP) is 2.49. The summed E-state index contributed by atoms with van der Waals surface area (Å²) in [6.07, 6.45) is 2.11. The highest BCUT2D eigenvalue weighted by molar-refractivity contribution is 5.94. The lowest BCUT2D eigenvalue weighted by Crippen LogP contribution is -2.41. The number of carbonyl (C=O) groups excluding carboxylic acids is 1. The topological polar surface area (TPSA) is 55.1 Å². The second kappa shape index (κ2) is 7.17. The molecule has 0 heterocycles. The molecule has 0 aliphatic heterocycles. The Morgan fingerprint density at radius 3 is 2.56 bits per heavy atom. The number of carbonyl (C=O) groups is 1. The van der Waals surface area contributed by atoms with E-state index in [0.29, 0.717) is 18.0 Å². The molecule has 1 atom stereocenters. The summed E-state index contributed by atoms with van der Waals surface area (Å²) in [5.41, 5.74) is 7.87. The van der Waals surface area contributed by atoms with Gasteiger partial charge in [-0.05, 0) is 25.0 Å². The maximum atomic E-state index is 11.9. The van der Waals surface area contributed by atoms with Gasteiger partial charge in [-0.1, -0.05) is 44.4 Å². The van der Waals surface area contributed by atoms with Gasteiger partial charge in [0.25, 0.3) is 5.91 Å². The molecule has 0 saturated heterocycles. The van der Waals surface area contributed by atoms with E-state index in [4.69, 9.17) is 5.73 Å². The van der Waals surface area contributed by atoms with Crippen molar-refractivity contribution in [2.45, 2.75) is 39.7 Å². The second-order valence-electron chi connectivity index (χ2n) is 4.82. The van der Waals surface area contributed by atoms with Crippen molar-refractivity contribution in [1.82, 2.24) is 5.32 Å². The molecule has 0 fully saturated rings. The number of nitrogens with one attached hydrogen (secondary N) is 1. The summed E-state index contributed by atoms with van der Waals surface area (Å²) in [5, 5.41) is 2.91. The molecule has 1 aromatic rings. The van der Waals surface area contributed by atoms with Gasteiger partial charge in [0, 0.05) is 18.2 Å². The smallest absolute Gasteiger partial charge is 0.251 e. The standard InChI is InChI=1S/C15H24N2O/c1-4-12(5-2)14(16)10-17-15(18)13-8-6-7-11(3)9-13/h6-9,12,14H,4-5,10,16H2,1-3H3,(H,17,18). The molecule has 1 unspecified atom stereocenters. The summed E-state index contributed by atoms with van der Waals surface area (Å²) >= 11 is 0. The van der Waals surface area contributed by atoms with Crippen molar-refractivity contribution in [2.24, 2.45) is 11.7 Å². The molecule has 0 bridgehead atoms. The van der Waals surface area contributed by atoms with Crippen molar-refractivity contribution < 1.29 is 4.79 Å². The molecule has 0 aromatic heterocycles. The van der Waals surface area contributed by atoms with E-state index in [1.54, 1.807) is 0 Å². The Bertz CT molecular complexity index is 386. The van der Waals surface area contributed by atoms with Gasteiger partial charge in [0.05, 0.1) is 0 Å². The molecule has 18 heavy (non-hydrogen) atoms. The van der Waals surface area contributed by atoms with Gasteiger partial charge < -0.3 is 11.1 Å². The summed E-state index contributed by atoms with van der Waals surface area (Å²) in [7, 11) is 0. The van der Waals surface area contributed by atoms with Crippen LogP contribution in [-0.4, -0.2) is 18.5 Å². The molecular weight excluding hydrogens is 224 g/mol. The van der Waals surface area contributed by atoms with E-state index in [2.05, 4.69) is 19.2 Å². The fourth-order valence-electron chi connectivity index (χ4n) is 2.16. The average Bonchev–Trinajstić information content (AvgIpc) is 2.37. The quantitative estimate of drug-likeness (QED) is 0.812. The van der Waals surface area contributed by atoms with E-state index < -0.39 is 0 Å². The average molecular weight is 248 g/mol. The van der Waals surface area contributed by atoms with Crippen LogP contribution in [0, 0.1) is 12.8 Å². The molecule has 3 N–H and O–H groups in total. The Kier molecular flexibility index (Phi) is 5.86. The molecule has 100 valence electrons. The molecule has 3 heteroatoms. The van der Waals surface area contributed by atoms with Gasteiger partial charge >= 0.3 is 0 Å². The van der Waals surface area contributed by atoms with Crippen LogP contribution >= 0.6 is 0 Å². The van der Waals surface area contributed by atoms with Crippen LogP contribution in [0.3, 0.4) is 0 Å². The molecule has 0 spiro atoms. The largest absolute Gasteiger partial charge is 0.350 e. The molecule has 0 radical (unpaired) electrons. The summed E-state index contributed by atoms with van der Waals surface area (Å²) < 4.78 is 0. The Balaban J connectivity index is 2.51. The third-order valence-corrected chi connectivity index (χ3v) is 3.43. The number of hydrogen-bond donors (Lipinski definition) is 2. The molecule has 1 amide bonds. The predicted molar refractivity (Wildman–Crippen MR) is 75.6 cm³/mol. The van der Waals surface area contributed by atoms with E-state index >= 15 is 0 Å². The fourth-order valence-corrected chi connectivity index (χ4v) is 2.16. The van der Waals surface area contributed by atoms with E-state index in [9.17, 15) is 4.79 Å². The lowest BCUT2D eigenvalue weighted by molar-refractivity contribution is 0.0948. The highest BCUT2D eigenvalue weighted by atomic mass is 16.1. The van der Waals surface area contributed by atoms with Gasteiger partial charge in [0.1, 0.15) is 0 Å². The molecule has 0 aliphatic rings. The number of hydrogen-bond acceptors (Lipinski definition) is 2. The van der Waals surface area contributed by atoms with Gasteiger partial charge in [-0.15, -0.1) is 0 Å². The third-order valence-electron chi connectivity index (χ3n) is 3.43. The van der Waals surface area contributed by atoms with Crippen LogP contribution in [0.15, 0.2) is 24.3 Å². The molecule has 0 saturated carbocycles. The molecule has 0 aliphatic carbocycles. The minimum absolute atomic E-state index is 0.0359. The van der Waals surface area contributed by atoms with Crippen molar-refractivity contribution in [3.8, 4) is 0 Å². The maximum Gasteiger partial charge on any atom is 0.251 e. The van der Waals surface area contributed by atoms with Gasteiger partial charge in [-0.3, -0.25) is 4.79 Å². The number of aryl methyl sites for hydroxylation is 1. The summed E-state index contributed by atoms with van der Waals surface area (Å²) in [6.45, 7) is 6.79. The van der Waals surface area contributed by atoms with Gasteiger partial charge in [0.15, 0.2) is 0 Å². The zero-order valence-electron chi connectivity index (χ0n) is 11.6. The fraction of sp³-hybridized carbons (Fsp3) is 0.533. The lowest BCUT2D eigenvalue weighted by Gasteiger charge is -2.21. The summed E-state index contributed by atoms with van der Waals surface area (Å²) in [5.74, 6) is 0.433.